The van der Waals surface area contributed by atoms with Crippen molar-refractivity contribution in [2.24, 2.45) is 0 Å². The molecule has 0 saturated carbocycles. The third-order valence-corrected chi connectivity index (χ3v) is 4.83. The summed E-state index contributed by atoms with van der Waals surface area (Å²) in [6, 6.07) is 5.51. The van der Waals surface area contributed by atoms with E-state index in [-0.39, 0.29) is 17.2 Å². The Morgan fingerprint density at radius 2 is 2.08 bits per heavy atom. The molecule has 1 saturated heterocycles. The zero-order chi connectivity index (χ0) is 17.7. The van der Waals surface area contributed by atoms with Crippen molar-refractivity contribution in [1.29, 1.82) is 0 Å². The number of rotatable bonds is 7. The molecule has 0 bridgehead atoms. The number of carboxylic acids is 1. The molecule has 0 aromatic heterocycles. The largest absolute Gasteiger partial charge is 0.480 e. The van der Waals surface area contributed by atoms with Gasteiger partial charge in [0.2, 0.25) is 0 Å². The van der Waals surface area contributed by atoms with Gasteiger partial charge in [0, 0.05) is 24.2 Å². The number of nitro benzene ring substituents is 1. The van der Waals surface area contributed by atoms with E-state index in [1.54, 1.807) is 13.0 Å². The Kier molecular flexibility index (Phi) is 6.28. The fourth-order valence-corrected chi connectivity index (χ4v) is 3.40. The van der Waals surface area contributed by atoms with Crippen LogP contribution in [-0.2, 0) is 11.3 Å². The lowest BCUT2D eigenvalue weighted by atomic mass is 10.0. The highest BCUT2D eigenvalue weighted by atomic mass is 16.6. The van der Waals surface area contributed by atoms with Gasteiger partial charge in [0.15, 0.2) is 0 Å². The van der Waals surface area contributed by atoms with Crippen molar-refractivity contribution >= 4 is 11.7 Å². The Bertz CT molecular complexity index is 597. The van der Waals surface area contributed by atoms with E-state index in [0.29, 0.717) is 12.6 Å². The molecule has 0 radical (unpaired) electrons. The Hall–Kier alpha value is -1.99. The van der Waals surface area contributed by atoms with Crippen molar-refractivity contribution < 1.29 is 14.8 Å². The van der Waals surface area contributed by atoms with Crippen LogP contribution in [0.25, 0.3) is 0 Å². The molecule has 1 fully saturated rings. The number of carboxylic acid groups (broad SMARTS) is 1. The van der Waals surface area contributed by atoms with E-state index >= 15 is 0 Å². The van der Waals surface area contributed by atoms with Crippen LogP contribution in [0.4, 0.5) is 5.69 Å². The molecule has 0 spiro atoms. The summed E-state index contributed by atoms with van der Waals surface area (Å²) in [6.45, 7) is 7.07. The molecule has 1 aromatic carbocycles. The summed E-state index contributed by atoms with van der Waals surface area (Å²) in [5, 5.41) is 20.0. The number of benzene rings is 1. The van der Waals surface area contributed by atoms with Gasteiger partial charge < -0.3 is 5.11 Å². The normalized spacial score (nSPS) is 16.5. The van der Waals surface area contributed by atoms with Gasteiger partial charge in [0.05, 0.1) is 11.5 Å². The van der Waals surface area contributed by atoms with Crippen molar-refractivity contribution in [3.63, 3.8) is 0 Å². The number of hydrogen-bond acceptors (Lipinski definition) is 5. The monoisotopic (exact) mass is 335 g/mol. The Labute approximate surface area is 142 Å². The summed E-state index contributed by atoms with van der Waals surface area (Å²) in [4.78, 5) is 25.9. The average Bonchev–Trinajstić information content (AvgIpc) is 2.55. The number of nitro groups is 1. The number of nitrogens with zero attached hydrogens (tertiary/aromatic N) is 3. The maximum atomic E-state index is 11.0. The van der Waals surface area contributed by atoms with Crippen LogP contribution in [0.3, 0.4) is 0 Å². The van der Waals surface area contributed by atoms with E-state index in [2.05, 4.69) is 4.90 Å². The topological polar surface area (TPSA) is 86.9 Å². The lowest BCUT2D eigenvalue weighted by molar-refractivity contribution is -0.385. The minimum Gasteiger partial charge on any atom is -0.480 e. The summed E-state index contributed by atoms with van der Waals surface area (Å²) in [5.41, 5.74) is 1.88. The molecule has 2 rings (SSSR count). The van der Waals surface area contributed by atoms with Crippen molar-refractivity contribution in [3.8, 4) is 0 Å². The smallest absolute Gasteiger partial charge is 0.317 e. The molecule has 1 heterocycles. The fourth-order valence-electron chi connectivity index (χ4n) is 3.40. The first-order chi connectivity index (χ1) is 11.4. The number of piperidine rings is 1. The van der Waals surface area contributed by atoms with Gasteiger partial charge in [-0.1, -0.05) is 19.1 Å². The molecule has 0 aliphatic carbocycles. The molecule has 24 heavy (non-hydrogen) atoms. The number of aliphatic carboxylic acids is 1. The van der Waals surface area contributed by atoms with Crippen molar-refractivity contribution in [2.75, 3.05) is 26.2 Å². The number of hydrogen-bond donors (Lipinski definition) is 1. The van der Waals surface area contributed by atoms with Crippen molar-refractivity contribution in [2.45, 2.75) is 39.3 Å². The summed E-state index contributed by atoms with van der Waals surface area (Å²) < 4.78 is 0. The maximum Gasteiger partial charge on any atom is 0.317 e. The quantitative estimate of drug-likeness (QED) is 0.607. The Morgan fingerprint density at radius 1 is 1.42 bits per heavy atom. The summed E-state index contributed by atoms with van der Waals surface area (Å²) >= 11 is 0. The third kappa shape index (κ3) is 4.52. The molecule has 0 amide bonds. The Balaban J connectivity index is 1.95. The molecular weight excluding hydrogens is 310 g/mol. The van der Waals surface area contributed by atoms with E-state index in [9.17, 15) is 14.9 Å². The highest BCUT2D eigenvalue weighted by Gasteiger charge is 2.25. The van der Waals surface area contributed by atoms with Gasteiger partial charge in [-0.15, -0.1) is 0 Å². The predicted molar refractivity (Wildman–Crippen MR) is 91.0 cm³/mol. The van der Waals surface area contributed by atoms with Gasteiger partial charge in [-0.3, -0.25) is 24.7 Å². The molecule has 0 atom stereocenters. The first kappa shape index (κ1) is 18.4. The molecule has 132 valence electrons. The molecule has 0 unspecified atom stereocenters. The summed E-state index contributed by atoms with van der Waals surface area (Å²) in [5.74, 6) is -0.786. The maximum absolute atomic E-state index is 11.0. The first-order valence-corrected chi connectivity index (χ1v) is 8.33. The Morgan fingerprint density at radius 3 is 2.62 bits per heavy atom. The van der Waals surface area contributed by atoms with Gasteiger partial charge in [-0.2, -0.15) is 0 Å². The highest BCUT2D eigenvalue weighted by molar-refractivity contribution is 5.69. The van der Waals surface area contributed by atoms with E-state index in [0.717, 1.165) is 43.6 Å². The summed E-state index contributed by atoms with van der Waals surface area (Å²) in [6.07, 6.45) is 1.85. The SMILES string of the molecule is CCN(CC(=O)O)C1CCN(Cc2cccc([N+](=O)[O-])c2C)CC1. The standard InChI is InChI=1S/C17H25N3O4/c1-3-19(12-17(21)22)15-7-9-18(10-8-15)11-14-5-4-6-16(13(14)2)20(23)24/h4-6,15H,3,7-12H2,1-2H3,(H,21,22). The third-order valence-electron chi connectivity index (χ3n) is 4.83. The van der Waals surface area contributed by atoms with E-state index in [4.69, 9.17) is 5.11 Å². The van der Waals surface area contributed by atoms with Crippen LogP contribution in [0, 0.1) is 17.0 Å². The molecule has 1 N–H and O–H groups in total. The van der Waals surface area contributed by atoms with Gasteiger partial charge in [-0.25, -0.2) is 0 Å². The molecule has 1 aliphatic heterocycles. The van der Waals surface area contributed by atoms with Crippen molar-refractivity contribution in [3.05, 3.63) is 39.4 Å². The van der Waals surface area contributed by atoms with E-state index in [1.165, 1.54) is 6.07 Å². The number of carbonyl (C=O) groups is 1. The zero-order valence-electron chi connectivity index (χ0n) is 14.3. The van der Waals surface area contributed by atoms with Crippen LogP contribution >= 0.6 is 0 Å². The second-order valence-corrected chi connectivity index (χ2v) is 6.28. The molecule has 7 heteroatoms. The van der Waals surface area contributed by atoms with Crippen LogP contribution in [0.5, 0.6) is 0 Å². The van der Waals surface area contributed by atoms with Gasteiger partial charge in [-0.05, 0) is 45.0 Å². The van der Waals surface area contributed by atoms with Crippen LogP contribution < -0.4 is 0 Å². The number of likely N-dealkylation sites (tertiary alicyclic amines) is 1. The number of likely N-dealkylation sites (N-methyl/N-ethyl adjacent to an activating group) is 1. The lowest BCUT2D eigenvalue weighted by Gasteiger charge is -2.37. The van der Waals surface area contributed by atoms with Gasteiger partial charge in [0.25, 0.3) is 5.69 Å². The van der Waals surface area contributed by atoms with Crippen LogP contribution in [-0.4, -0.2) is 58.0 Å². The zero-order valence-corrected chi connectivity index (χ0v) is 14.3. The molecule has 1 aliphatic rings. The lowest BCUT2D eigenvalue weighted by Crippen LogP contribution is -2.46. The van der Waals surface area contributed by atoms with Crippen LogP contribution in [0.1, 0.15) is 30.9 Å². The van der Waals surface area contributed by atoms with Gasteiger partial charge >= 0.3 is 5.97 Å². The molecular formula is C17H25N3O4. The minimum absolute atomic E-state index is 0.0884. The van der Waals surface area contributed by atoms with E-state index < -0.39 is 5.97 Å². The molecule has 7 nitrogen and oxygen atoms in total. The van der Waals surface area contributed by atoms with E-state index in [1.807, 2.05) is 17.9 Å². The fraction of sp³-hybridized carbons (Fsp3) is 0.588. The highest BCUT2D eigenvalue weighted by Crippen LogP contribution is 2.24. The van der Waals surface area contributed by atoms with Crippen LogP contribution in [0.15, 0.2) is 18.2 Å². The second kappa shape index (κ2) is 8.21. The summed E-state index contributed by atoms with van der Waals surface area (Å²) in [7, 11) is 0. The van der Waals surface area contributed by atoms with Crippen molar-refractivity contribution in [1.82, 2.24) is 9.80 Å². The predicted octanol–water partition coefficient (Wildman–Crippen LogP) is 2.27. The average molecular weight is 335 g/mol. The van der Waals surface area contributed by atoms with Gasteiger partial charge in [0.1, 0.15) is 0 Å². The van der Waals surface area contributed by atoms with Crippen LogP contribution in [0.2, 0.25) is 0 Å². The molecule has 1 aromatic rings. The minimum atomic E-state index is -0.786. The first-order valence-electron chi connectivity index (χ1n) is 8.33. The second-order valence-electron chi connectivity index (χ2n) is 6.28.